The summed E-state index contributed by atoms with van der Waals surface area (Å²) in [7, 11) is 4.21. The number of carbonyl (C=O) groups is 3. The molecule has 6 heterocycles. The number of aliphatic hydroxyl groups excluding tert-OH is 3. The van der Waals surface area contributed by atoms with Crippen molar-refractivity contribution in [2.24, 2.45) is 23.5 Å². The van der Waals surface area contributed by atoms with Gasteiger partial charge >= 0.3 is 5.97 Å². The number of carboxylic acid groups (broad SMARTS) is 1. The predicted octanol–water partition coefficient (Wildman–Crippen LogP) is 10.4. The highest BCUT2D eigenvalue weighted by atomic mass is 79.9. The van der Waals surface area contributed by atoms with Crippen molar-refractivity contribution in [2.75, 3.05) is 41.0 Å². The molecule has 3 aliphatic heterocycles. The van der Waals surface area contributed by atoms with E-state index in [1.54, 1.807) is 158 Å². The number of halogens is 9. The van der Waals surface area contributed by atoms with E-state index in [4.69, 9.17) is 28.4 Å². The van der Waals surface area contributed by atoms with Crippen LogP contribution in [0.4, 0.5) is 26.3 Å². The summed E-state index contributed by atoms with van der Waals surface area (Å²) in [6.45, 7) is -2.31. The Morgan fingerprint density at radius 2 is 0.697 bits per heavy atom. The molecule has 3 aromatic heterocycles. The number of hydrogen-bond acceptors (Lipinski definition) is 19. The molecular formula is C78H71Br3F6N6O16. The van der Waals surface area contributed by atoms with Gasteiger partial charge in [-0.25, -0.2) is 26.3 Å². The van der Waals surface area contributed by atoms with E-state index in [9.17, 15) is 76.5 Å². The second-order valence-electron chi connectivity index (χ2n) is 26.3. The lowest BCUT2D eigenvalue weighted by molar-refractivity contribution is -0.159. The topological polar surface area (TPSA) is 337 Å². The van der Waals surface area contributed by atoms with Crippen LogP contribution in [0.25, 0.3) is 0 Å². The van der Waals surface area contributed by atoms with Crippen LogP contribution in [0.1, 0.15) is 67.8 Å². The summed E-state index contributed by atoms with van der Waals surface area (Å²) in [6, 6.07) is 47.6. The summed E-state index contributed by atoms with van der Waals surface area (Å²) in [6.07, 6.45) is -4.65. The van der Waals surface area contributed by atoms with Gasteiger partial charge in [0.1, 0.15) is 52.8 Å². The minimum Gasteiger partial charge on any atom is -0.495 e. The molecule has 0 bridgehead atoms. The van der Waals surface area contributed by atoms with Gasteiger partial charge in [0.05, 0.1) is 113 Å². The highest BCUT2D eigenvalue weighted by Crippen LogP contribution is 2.73. The largest absolute Gasteiger partial charge is 0.495 e. The Bertz CT molecular complexity index is 4570. The van der Waals surface area contributed by atoms with Crippen molar-refractivity contribution < 1.29 is 105 Å². The standard InChI is InChI=1S/2C26H23BrF2N2O5.C24H20BrNO6.C2H5F2N/c2*1-35-17-11-30-12-18-22(17)25(34)23(32)20(24(33)31-13-19(28)29)21(14-5-3-2-4-6-14)26(25,36-18)15-7-9-16(27)10-8-15;1-31-16-11-26-12-17-20(16)23(30)21(27)18(22(28)29)19(13-5-3-2-4-6-13)24(23,32-17)14-7-9-15(25)10-8-14;3-2(4)1-5/h2*2-12,19-21,23,32,34H,13H2,1H3,(H,31,33);2-12,18-19,21,27,30H,1H3,(H,28,29);2H,1,5H2/t2*20-,21-,23-,25+,26+;18-,19-,21-,23+,24+;/m111./s1. The maximum Gasteiger partial charge on any atom is 0.310 e. The van der Waals surface area contributed by atoms with Crippen molar-refractivity contribution >= 4 is 65.6 Å². The van der Waals surface area contributed by atoms with Gasteiger partial charge in [-0.3, -0.25) is 29.3 Å². The Labute approximate surface area is 644 Å². The van der Waals surface area contributed by atoms with Gasteiger partial charge in [0.15, 0.2) is 33.6 Å². The number of carboxylic acids is 1. The van der Waals surface area contributed by atoms with Crippen LogP contribution in [0, 0.1) is 17.8 Å². The molecule has 9 aromatic rings. The molecule has 0 saturated heterocycles. The van der Waals surface area contributed by atoms with Crippen molar-refractivity contribution in [2.45, 2.75) is 88.9 Å². The third kappa shape index (κ3) is 13.0. The fraction of sp³-hybridized carbons (Fsp3) is 0.308. The zero-order valence-corrected chi connectivity index (χ0v) is 62.5. The summed E-state index contributed by atoms with van der Waals surface area (Å²) in [5.74, 6) is -8.65. The number of ether oxygens (including phenoxy) is 6. The Kier molecular flexibility index (Phi) is 23.0. The molecule has 15 atom stereocenters. The number of pyridine rings is 3. The van der Waals surface area contributed by atoms with E-state index >= 15 is 0 Å². The van der Waals surface area contributed by atoms with Crippen LogP contribution in [0.3, 0.4) is 0 Å². The molecule has 2 amide bonds. The van der Waals surface area contributed by atoms with Gasteiger partial charge in [-0.15, -0.1) is 0 Å². The summed E-state index contributed by atoms with van der Waals surface area (Å²) < 4.78 is 112. The molecule has 3 fully saturated rings. The number of amides is 2. The average Bonchev–Trinajstić information content (AvgIpc) is 1.51. The summed E-state index contributed by atoms with van der Waals surface area (Å²) >= 11 is 10.2. The number of nitrogens with zero attached hydrogens (tertiary/aromatic N) is 3. The van der Waals surface area contributed by atoms with Crippen molar-refractivity contribution in [3.05, 3.63) is 264 Å². The summed E-state index contributed by atoms with van der Waals surface area (Å²) in [5, 5.41) is 87.1. The van der Waals surface area contributed by atoms with Crippen LogP contribution >= 0.6 is 47.8 Å². The predicted molar refractivity (Wildman–Crippen MR) is 390 cm³/mol. The van der Waals surface area contributed by atoms with Gasteiger partial charge in [-0.05, 0) is 69.8 Å². The lowest BCUT2D eigenvalue weighted by Crippen LogP contribution is -2.52. The molecule has 3 saturated carbocycles. The number of benzene rings is 6. The van der Waals surface area contributed by atoms with Crippen LogP contribution < -0.4 is 44.8 Å². The average molecular weight is 1700 g/mol. The molecule has 6 aliphatic rings. The third-order valence-corrected chi connectivity index (χ3v) is 22.5. The third-order valence-electron chi connectivity index (χ3n) is 20.9. The number of nitrogens with one attached hydrogen (secondary N) is 2. The number of carbonyl (C=O) groups excluding carboxylic acids is 2. The van der Waals surface area contributed by atoms with Crippen LogP contribution in [-0.2, 0) is 48.0 Å². The Morgan fingerprint density at radius 1 is 0.440 bits per heavy atom. The van der Waals surface area contributed by atoms with E-state index in [1.807, 2.05) is 6.07 Å². The van der Waals surface area contributed by atoms with Crippen LogP contribution in [0.2, 0.25) is 0 Å². The maximum absolute atomic E-state index is 13.4. The molecule has 572 valence electrons. The smallest absolute Gasteiger partial charge is 0.310 e. The number of nitrogens with two attached hydrogens (primary N) is 1. The normalized spacial score (nSPS) is 28.1. The van der Waals surface area contributed by atoms with Crippen LogP contribution in [-0.4, -0.2) is 147 Å². The fourth-order valence-corrected chi connectivity index (χ4v) is 17.5. The summed E-state index contributed by atoms with van der Waals surface area (Å²) in [4.78, 5) is 51.7. The van der Waals surface area contributed by atoms with Gasteiger partial charge in [0.25, 0.3) is 19.3 Å². The minimum absolute atomic E-state index is 0.139. The van der Waals surface area contributed by atoms with Gasteiger partial charge < -0.3 is 80.5 Å². The maximum atomic E-state index is 13.4. The van der Waals surface area contributed by atoms with Gasteiger partial charge in [-0.1, -0.05) is 175 Å². The fourth-order valence-electron chi connectivity index (χ4n) is 16.7. The van der Waals surface area contributed by atoms with Crippen molar-refractivity contribution in [3.8, 4) is 34.5 Å². The monoisotopic (exact) mass is 1700 g/mol. The quantitative estimate of drug-likeness (QED) is 0.0379. The zero-order valence-electron chi connectivity index (χ0n) is 57.7. The van der Waals surface area contributed by atoms with E-state index in [-0.39, 0.29) is 51.2 Å². The Hall–Kier alpha value is -9.28. The first-order chi connectivity index (χ1) is 52.1. The van der Waals surface area contributed by atoms with Crippen LogP contribution in [0.15, 0.2) is 214 Å². The van der Waals surface area contributed by atoms with E-state index in [0.717, 1.165) is 13.4 Å². The van der Waals surface area contributed by atoms with E-state index in [2.05, 4.69) is 79.1 Å². The molecule has 6 aromatic carbocycles. The number of fused-ring (bicyclic) bond motifs is 9. The molecule has 3 aliphatic carbocycles. The van der Waals surface area contributed by atoms with Crippen molar-refractivity contribution in [1.82, 2.24) is 25.6 Å². The molecule has 22 nitrogen and oxygen atoms in total. The molecule has 0 radical (unpaired) electrons. The number of alkyl halides is 6. The molecule has 109 heavy (non-hydrogen) atoms. The highest BCUT2D eigenvalue weighted by Gasteiger charge is 2.81. The van der Waals surface area contributed by atoms with E-state index in [0.29, 0.717) is 33.4 Å². The van der Waals surface area contributed by atoms with Gasteiger partial charge in [-0.2, -0.15) is 0 Å². The number of methoxy groups -OCH3 is 3. The first-order valence-electron chi connectivity index (χ1n) is 33.8. The minimum atomic E-state index is -2.78. The number of aliphatic carboxylic acids is 1. The van der Waals surface area contributed by atoms with Crippen molar-refractivity contribution in [3.63, 3.8) is 0 Å². The number of aliphatic hydroxyl groups is 6. The molecule has 0 unspecified atom stereocenters. The number of hydrogen-bond donors (Lipinski definition) is 10. The van der Waals surface area contributed by atoms with E-state index in [1.165, 1.54) is 58.5 Å². The Balaban J connectivity index is 0.000000148. The van der Waals surface area contributed by atoms with Crippen molar-refractivity contribution in [1.29, 1.82) is 0 Å². The number of aromatic nitrogens is 3. The van der Waals surface area contributed by atoms with Gasteiger partial charge in [0.2, 0.25) is 11.8 Å². The lowest BCUT2D eigenvalue weighted by Gasteiger charge is -2.40. The highest BCUT2D eigenvalue weighted by molar-refractivity contribution is 9.11. The molecule has 11 N–H and O–H groups in total. The first-order valence-corrected chi connectivity index (χ1v) is 36.1. The van der Waals surface area contributed by atoms with Gasteiger partial charge in [0, 0.05) is 31.2 Å². The molecule has 15 rings (SSSR count). The second kappa shape index (κ2) is 31.6. The molecule has 0 spiro atoms. The lowest BCUT2D eigenvalue weighted by atomic mass is 9.70. The first kappa shape index (κ1) is 79.3. The molecule has 31 heteroatoms. The Morgan fingerprint density at radius 3 is 0.936 bits per heavy atom. The van der Waals surface area contributed by atoms with Crippen LogP contribution in [0.5, 0.6) is 34.5 Å². The zero-order chi connectivity index (χ0) is 78.3. The number of rotatable bonds is 17. The molecular weight excluding hydrogens is 1630 g/mol. The summed E-state index contributed by atoms with van der Waals surface area (Å²) in [5.41, 5.74) is -3.46. The second-order valence-corrected chi connectivity index (χ2v) is 29.0. The van der Waals surface area contributed by atoms with E-state index < -0.39 is 144 Å². The SMILES string of the molecule is COc1cncc2c1[C@]1(O)[C@H](O)[C@H](C(=O)NCC(F)F)[C@@H](c3ccccc3)[C@]1(c1ccc(Br)cc1)O2.COc1cncc2c1[C@]1(O)[C@H](O)[C@H](C(=O)NCC(F)F)[C@@H](c3ccccc3)[C@]1(c1ccc(Br)cc1)O2.COc1cncc2c1[C@]1(O)[C@H](O)[C@H](C(=O)O)[C@@H](c3ccccc3)[C@]1(c1ccc(Br)cc1)O2.NCC(F)F.